The molecule has 2 saturated heterocycles. The highest BCUT2D eigenvalue weighted by atomic mass is 15.2. The first-order valence-corrected chi connectivity index (χ1v) is 7.66. The molecule has 2 aliphatic rings. The SMILES string of the molecule is Cc1ccc(CN2CCC3(CCNCC3)C2)c(C)c1. The maximum atomic E-state index is 3.50. The van der Waals surface area contributed by atoms with Crippen LogP contribution in [0.4, 0.5) is 0 Å². The van der Waals surface area contributed by atoms with Crippen molar-refractivity contribution in [2.24, 2.45) is 5.41 Å². The average Bonchev–Trinajstić information content (AvgIpc) is 2.77. The molecule has 19 heavy (non-hydrogen) atoms. The number of aryl methyl sites for hydroxylation is 2. The molecule has 0 atom stereocenters. The maximum absolute atomic E-state index is 3.50. The second-order valence-corrected chi connectivity index (χ2v) is 6.64. The quantitative estimate of drug-likeness (QED) is 0.877. The number of nitrogens with zero attached hydrogens (tertiary/aromatic N) is 1. The molecule has 0 saturated carbocycles. The average molecular weight is 258 g/mol. The van der Waals surface area contributed by atoms with E-state index in [0.717, 1.165) is 6.54 Å². The van der Waals surface area contributed by atoms with Crippen LogP contribution in [-0.4, -0.2) is 31.1 Å². The van der Waals surface area contributed by atoms with Crippen molar-refractivity contribution in [3.05, 3.63) is 34.9 Å². The van der Waals surface area contributed by atoms with Crippen LogP contribution in [0.1, 0.15) is 36.0 Å². The van der Waals surface area contributed by atoms with Crippen molar-refractivity contribution in [2.75, 3.05) is 26.2 Å². The van der Waals surface area contributed by atoms with E-state index in [1.807, 2.05) is 0 Å². The zero-order chi connectivity index (χ0) is 13.3. The summed E-state index contributed by atoms with van der Waals surface area (Å²) in [5.74, 6) is 0. The Kier molecular flexibility index (Phi) is 3.64. The van der Waals surface area contributed by atoms with Crippen molar-refractivity contribution in [1.29, 1.82) is 0 Å². The monoisotopic (exact) mass is 258 g/mol. The summed E-state index contributed by atoms with van der Waals surface area (Å²) in [5.41, 5.74) is 4.96. The summed E-state index contributed by atoms with van der Waals surface area (Å²) in [6.07, 6.45) is 4.15. The third-order valence-corrected chi connectivity index (χ3v) is 5.07. The fourth-order valence-corrected chi connectivity index (χ4v) is 3.79. The lowest BCUT2D eigenvalue weighted by atomic mass is 9.78. The first-order valence-electron chi connectivity index (χ1n) is 7.66. The minimum atomic E-state index is 0.629. The van der Waals surface area contributed by atoms with Gasteiger partial charge in [0.2, 0.25) is 0 Å². The third-order valence-electron chi connectivity index (χ3n) is 5.07. The lowest BCUT2D eigenvalue weighted by molar-refractivity contribution is 0.194. The van der Waals surface area contributed by atoms with E-state index >= 15 is 0 Å². The second kappa shape index (κ2) is 5.26. The molecule has 0 aliphatic carbocycles. The topological polar surface area (TPSA) is 15.3 Å². The molecule has 1 aromatic rings. The number of hydrogen-bond acceptors (Lipinski definition) is 2. The number of benzene rings is 1. The van der Waals surface area contributed by atoms with E-state index in [4.69, 9.17) is 0 Å². The molecule has 0 amide bonds. The number of likely N-dealkylation sites (tertiary alicyclic amines) is 1. The number of rotatable bonds is 2. The minimum Gasteiger partial charge on any atom is -0.317 e. The fourth-order valence-electron chi connectivity index (χ4n) is 3.79. The molecule has 3 rings (SSSR count). The third kappa shape index (κ3) is 2.85. The fraction of sp³-hybridized carbons (Fsp3) is 0.647. The van der Waals surface area contributed by atoms with Crippen molar-refractivity contribution >= 4 is 0 Å². The van der Waals surface area contributed by atoms with Gasteiger partial charge in [-0.05, 0) is 69.3 Å². The molecule has 104 valence electrons. The molecule has 1 N–H and O–H groups in total. The van der Waals surface area contributed by atoms with E-state index in [1.165, 1.54) is 62.1 Å². The Morgan fingerprint density at radius 2 is 1.95 bits per heavy atom. The predicted molar refractivity (Wildman–Crippen MR) is 80.3 cm³/mol. The number of nitrogens with one attached hydrogen (secondary N) is 1. The van der Waals surface area contributed by atoms with Gasteiger partial charge in [0.1, 0.15) is 0 Å². The Morgan fingerprint density at radius 1 is 1.16 bits per heavy atom. The molecular formula is C17H26N2. The van der Waals surface area contributed by atoms with Crippen molar-refractivity contribution in [3.63, 3.8) is 0 Å². The van der Waals surface area contributed by atoms with Gasteiger partial charge in [-0.15, -0.1) is 0 Å². The summed E-state index contributed by atoms with van der Waals surface area (Å²) in [4.78, 5) is 2.67. The van der Waals surface area contributed by atoms with Gasteiger partial charge >= 0.3 is 0 Å². The largest absolute Gasteiger partial charge is 0.317 e. The summed E-state index contributed by atoms with van der Waals surface area (Å²) < 4.78 is 0. The predicted octanol–water partition coefficient (Wildman–Crippen LogP) is 2.88. The number of hydrogen-bond donors (Lipinski definition) is 1. The van der Waals surface area contributed by atoms with E-state index in [0.29, 0.717) is 5.41 Å². The van der Waals surface area contributed by atoms with E-state index < -0.39 is 0 Å². The Bertz CT molecular complexity index is 447. The normalized spacial score (nSPS) is 23.1. The van der Waals surface area contributed by atoms with Crippen LogP contribution in [0.5, 0.6) is 0 Å². The highest BCUT2D eigenvalue weighted by Gasteiger charge is 2.38. The lowest BCUT2D eigenvalue weighted by Gasteiger charge is -2.34. The molecule has 1 aromatic carbocycles. The lowest BCUT2D eigenvalue weighted by Crippen LogP contribution is -2.38. The van der Waals surface area contributed by atoms with Gasteiger partial charge in [0, 0.05) is 13.1 Å². The van der Waals surface area contributed by atoms with Crippen molar-refractivity contribution in [2.45, 2.75) is 39.7 Å². The van der Waals surface area contributed by atoms with Crippen LogP contribution in [0, 0.1) is 19.3 Å². The first kappa shape index (κ1) is 13.1. The summed E-state index contributed by atoms with van der Waals surface area (Å²) in [6, 6.07) is 6.88. The van der Waals surface area contributed by atoms with Gasteiger partial charge in [-0.25, -0.2) is 0 Å². The molecule has 0 unspecified atom stereocenters. The first-order chi connectivity index (χ1) is 9.17. The molecule has 2 heterocycles. The molecule has 2 heteroatoms. The van der Waals surface area contributed by atoms with E-state index in [-0.39, 0.29) is 0 Å². The molecule has 2 fully saturated rings. The molecule has 1 spiro atoms. The van der Waals surface area contributed by atoms with Crippen LogP contribution in [-0.2, 0) is 6.54 Å². The van der Waals surface area contributed by atoms with Gasteiger partial charge in [-0.1, -0.05) is 23.8 Å². The summed E-state index contributed by atoms with van der Waals surface area (Å²) in [6.45, 7) is 10.6. The standard InChI is InChI=1S/C17H26N2/c1-14-3-4-16(15(2)11-14)12-19-10-7-17(13-19)5-8-18-9-6-17/h3-4,11,18H,5-10,12-13H2,1-2H3. The minimum absolute atomic E-state index is 0.629. The number of piperidine rings is 1. The molecule has 2 aliphatic heterocycles. The van der Waals surface area contributed by atoms with E-state index in [9.17, 15) is 0 Å². The highest BCUT2D eigenvalue weighted by molar-refractivity contribution is 5.30. The highest BCUT2D eigenvalue weighted by Crippen LogP contribution is 2.39. The van der Waals surface area contributed by atoms with Gasteiger partial charge in [0.05, 0.1) is 0 Å². The molecular weight excluding hydrogens is 232 g/mol. The van der Waals surface area contributed by atoms with Crippen LogP contribution in [0.2, 0.25) is 0 Å². The Balaban J connectivity index is 1.65. The Morgan fingerprint density at radius 3 is 2.68 bits per heavy atom. The van der Waals surface area contributed by atoms with Crippen LogP contribution < -0.4 is 5.32 Å². The van der Waals surface area contributed by atoms with Crippen LogP contribution >= 0.6 is 0 Å². The molecule has 2 nitrogen and oxygen atoms in total. The summed E-state index contributed by atoms with van der Waals surface area (Å²) >= 11 is 0. The smallest absolute Gasteiger partial charge is 0.0236 e. The maximum Gasteiger partial charge on any atom is 0.0236 e. The van der Waals surface area contributed by atoms with Crippen molar-refractivity contribution in [3.8, 4) is 0 Å². The Hall–Kier alpha value is -0.860. The molecule has 0 aromatic heterocycles. The van der Waals surface area contributed by atoms with Crippen molar-refractivity contribution in [1.82, 2.24) is 10.2 Å². The zero-order valence-electron chi connectivity index (χ0n) is 12.3. The van der Waals surface area contributed by atoms with Crippen LogP contribution in [0.25, 0.3) is 0 Å². The van der Waals surface area contributed by atoms with Gasteiger partial charge < -0.3 is 5.32 Å². The van der Waals surface area contributed by atoms with Crippen LogP contribution in [0.3, 0.4) is 0 Å². The van der Waals surface area contributed by atoms with Crippen molar-refractivity contribution < 1.29 is 0 Å². The van der Waals surface area contributed by atoms with E-state index in [2.05, 4.69) is 42.3 Å². The van der Waals surface area contributed by atoms with Gasteiger partial charge in [0.15, 0.2) is 0 Å². The van der Waals surface area contributed by atoms with Crippen LogP contribution in [0.15, 0.2) is 18.2 Å². The van der Waals surface area contributed by atoms with Gasteiger partial charge in [-0.3, -0.25) is 4.90 Å². The Labute approximate surface area is 117 Å². The van der Waals surface area contributed by atoms with E-state index in [1.54, 1.807) is 0 Å². The summed E-state index contributed by atoms with van der Waals surface area (Å²) in [5, 5.41) is 3.50. The molecule has 0 radical (unpaired) electrons. The zero-order valence-corrected chi connectivity index (χ0v) is 12.3. The van der Waals surface area contributed by atoms with Gasteiger partial charge in [-0.2, -0.15) is 0 Å². The molecule has 0 bridgehead atoms. The second-order valence-electron chi connectivity index (χ2n) is 6.64. The van der Waals surface area contributed by atoms with Gasteiger partial charge in [0.25, 0.3) is 0 Å². The summed E-state index contributed by atoms with van der Waals surface area (Å²) in [7, 11) is 0.